The van der Waals surface area contributed by atoms with Crippen molar-refractivity contribution in [2.45, 2.75) is 39.8 Å². The number of carbonyl (C=O) groups excluding carboxylic acids is 1. The van der Waals surface area contributed by atoms with Gasteiger partial charge in [-0.05, 0) is 29.0 Å². The van der Waals surface area contributed by atoms with E-state index >= 15 is 0 Å². The second-order valence-corrected chi connectivity index (χ2v) is 6.39. The molecule has 0 aliphatic carbocycles. The normalized spacial score (nSPS) is 19.9. The Morgan fingerprint density at radius 3 is 2.64 bits per heavy atom. The fourth-order valence-corrected chi connectivity index (χ4v) is 2.53. The molecule has 1 heterocycles. The summed E-state index contributed by atoms with van der Waals surface area (Å²) in [5, 5.41) is 9.08. The summed E-state index contributed by atoms with van der Waals surface area (Å²) in [5.74, 6) is 0.251. The summed E-state index contributed by atoms with van der Waals surface area (Å²) in [6.07, 6.45) is 3.53. The Kier molecular flexibility index (Phi) is 7.22. The van der Waals surface area contributed by atoms with E-state index in [4.69, 9.17) is 19.3 Å². The molecule has 25 heavy (non-hydrogen) atoms. The van der Waals surface area contributed by atoms with Gasteiger partial charge in [0.25, 0.3) is 0 Å². The fraction of sp³-hybridized carbons (Fsp3) is 0.450. The Morgan fingerprint density at radius 1 is 1.36 bits per heavy atom. The maximum Gasteiger partial charge on any atom is 0.373 e. The Morgan fingerprint density at radius 2 is 2.04 bits per heavy atom. The number of hydrogen-bond donors (Lipinski definition) is 1. The molecule has 0 saturated carbocycles. The van der Waals surface area contributed by atoms with Crippen molar-refractivity contribution >= 4 is 5.97 Å². The number of rotatable bonds is 8. The van der Waals surface area contributed by atoms with Gasteiger partial charge in [0.15, 0.2) is 0 Å². The number of allylic oxidation sites excluding steroid dienone is 1. The summed E-state index contributed by atoms with van der Waals surface area (Å²) in [6.45, 7) is 8.27. The van der Waals surface area contributed by atoms with E-state index in [0.29, 0.717) is 18.9 Å². The van der Waals surface area contributed by atoms with E-state index in [1.54, 1.807) is 0 Å². The predicted molar refractivity (Wildman–Crippen MR) is 94.2 cm³/mol. The predicted octanol–water partition coefficient (Wildman–Crippen LogP) is 3.33. The number of benzene rings is 1. The van der Waals surface area contributed by atoms with E-state index in [9.17, 15) is 4.79 Å². The van der Waals surface area contributed by atoms with Gasteiger partial charge in [-0.2, -0.15) is 0 Å². The van der Waals surface area contributed by atoms with Gasteiger partial charge in [-0.3, -0.25) is 0 Å². The molecule has 0 aromatic heterocycles. The molecule has 5 nitrogen and oxygen atoms in total. The molecule has 0 saturated heterocycles. The van der Waals surface area contributed by atoms with Gasteiger partial charge >= 0.3 is 5.97 Å². The first-order valence-corrected chi connectivity index (χ1v) is 8.50. The number of carbonyl (C=O) groups is 1. The van der Waals surface area contributed by atoms with Crippen molar-refractivity contribution in [1.82, 2.24) is 0 Å². The van der Waals surface area contributed by atoms with E-state index < -0.39 is 12.3 Å². The lowest BCUT2D eigenvalue weighted by Crippen LogP contribution is -2.30. The highest BCUT2D eigenvalue weighted by atomic mass is 16.7. The highest BCUT2D eigenvalue weighted by molar-refractivity contribution is 5.86. The van der Waals surface area contributed by atoms with Crippen molar-refractivity contribution in [3.63, 3.8) is 0 Å². The Bertz CT molecular complexity index is 603. The monoisotopic (exact) mass is 346 g/mol. The quantitative estimate of drug-likeness (QED) is 0.578. The zero-order chi connectivity index (χ0) is 18.2. The molecule has 1 aliphatic heterocycles. The minimum atomic E-state index is -0.499. The molecule has 0 radical (unpaired) electrons. The molecule has 0 bridgehead atoms. The average molecular weight is 346 g/mol. The molecular formula is C20H26O5. The molecule has 2 atom stereocenters. The van der Waals surface area contributed by atoms with E-state index in [2.05, 4.69) is 20.4 Å². The maximum atomic E-state index is 12.1. The van der Waals surface area contributed by atoms with E-state index in [1.165, 1.54) is 6.08 Å². The second-order valence-electron chi connectivity index (χ2n) is 6.39. The SMILES string of the molecule is C=CCOC(=O)C1=C[C@@H](C(C)C)C[C@@H](OCc2ccc(CO)cc2)O1. The lowest BCUT2D eigenvalue weighted by molar-refractivity contribution is -0.166. The number of aliphatic hydroxyl groups excluding tert-OH is 1. The largest absolute Gasteiger partial charge is 0.458 e. The number of aliphatic hydroxyl groups is 1. The molecule has 5 heteroatoms. The first kappa shape index (κ1) is 19.2. The summed E-state index contributed by atoms with van der Waals surface area (Å²) < 4.78 is 16.6. The molecule has 0 amide bonds. The van der Waals surface area contributed by atoms with Gasteiger partial charge in [0.1, 0.15) is 6.61 Å². The number of ether oxygens (including phenoxy) is 3. The second kappa shape index (κ2) is 9.39. The molecule has 136 valence electrons. The lowest BCUT2D eigenvalue weighted by atomic mass is 9.90. The van der Waals surface area contributed by atoms with Gasteiger partial charge in [0.05, 0.1) is 13.2 Å². The summed E-state index contributed by atoms with van der Waals surface area (Å²) in [4.78, 5) is 12.1. The van der Waals surface area contributed by atoms with Crippen LogP contribution < -0.4 is 0 Å². The third kappa shape index (κ3) is 5.73. The zero-order valence-corrected chi connectivity index (χ0v) is 14.8. The molecule has 1 aliphatic rings. The molecule has 0 fully saturated rings. The van der Waals surface area contributed by atoms with Gasteiger partial charge < -0.3 is 19.3 Å². The third-order valence-corrected chi connectivity index (χ3v) is 4.12. The molecule has 1 aromatic carbocycles. The average Bonchev–Trinajstić information content (AvgIpc) is 2.64. The Hall–Kier alpha value is -2.11. The first-order chi connectivity index (χ1) is 12.0. The van der Waals surface area contributed by atoms with Crippen LogP contribution in [0.4, 0.5) is 0 Å². The highest BCUT2D eigenvalue weighted by Crippen LogP contribution is 2.29. The van der Waals surface area contributed by atoms with Crippen molar-refractivity contribution in [1.29, 1.82) is 0 Å². The molecule has 1 N–H and O–H groups in total. The molecule has 0 spiro atoms. The van der Waals surface area contributed by atoms with E-state index in [1.807, 2.05) is 30.3 Å². The van der Waals surface area contributed by atoms with Crippen LogP contribution in [0.1, 0.15) is 31.4 Å². The van der Waals surface area contributed by atoms with Crippen LogP contribution in [0.25, 0.3) is 0 Å². The molecule has 0 unspecified atom stereocenters. The summed E-state index contributed by atoms with van der Waals surface area (Å²) in [5.41, 5.74) is 1.83. The zero-order valence-electron chi connectivity index (χ0n) is 14.8. The van der Waals surface area contributed by atoms with Crippen molar-refractivity contribution in [2.75, 3.05) is 6.61 Å². The number of esters is 1. The van der Waals surface area contributed by atoms with Crippen LogP contribution in [0, 0.1) is 11.8 Å². The van der Waals surface area contributed by atoms with Crippen LogP contribution in [0.15, 0.2) is 48.8 Å². The standard InChI is InChI=1S/C20H26O5/c1-4-9-23-20(22)18-10-17(14(2)3)11-19(25-18)24-13-16-7-5-15(12-21)6-8-16/h4-8,10,14,17,19,21H,1,9,11-13H2,2-3H3/t17-,19+/m1/s1. The van der Waals surface area contributed by atoms with Gasteiger partial charge in [-0.1, -0.05) is 50.8 Å². The lowest BCUT2D eigenvalue weighted by Gasteiger charge is -2.30. The summed E-state index contributed by atoms with van der Waals surface area (Å²) >= 11 is 0. The first-order valence-electron chi connectivity index (χ1n) is 8.50. The van der Waals surface area contributed by atoms with Crippen LogP contribution in [0.2, 0.25) is 0 Å². The van der Waals surface area contributed by atoms with E-state index in [0.717, 1.165) is 11.1 Å². The molecule has 1 aromatic rings. The Balaban J connectivity index is 1.98. The van der Waals surface area contributed by atoms with Crippen molar-refractivity contribution in [3.8, 4) is 0 Å². The van der Waals surface area contributed by atoms with Crippen LogP contribution in [-0.4, -0.2) is 24.0 Å². The topological polar surface area (TPSA) is 65.0 Å². The van der Waals surface area contributed by atoms with Crippen molar-refractivity contribution < 1.29 is 24.1 Å². The maximum absolute atomic E-state index is 12.1. The Labute approximate surface area is 148 Å². The fourth-order valence-electron chi connectivity index (χ4n) is 2.53. The minimum absolute atomic E-state index is 0.0178. The van der Waals surface area contributed by atoms with Crippen molar-refractivity contribution in [3.05, 3.63) is 59.9 Å². The summed E-state index contributed by atoms with van der Waals surface area (Å²) in [7, 11) is 0. The van der Waals surface area contributed by atoms with Gasteiger partial charge in [-0.25, -0.2) is 4.79 Å². The van der Waals surface area contributed by atoms with Crippen LogP contribution in [0.3, 0.4) is 0 Å². The van der Waals surface area contributed by atoms with E-state index in [-0.39, 0.29) is 24.9 Å². The highest BCUT2D eigenvalue weighted by Gasteiger charge is 2.30. The van der Waals surface area contributed by atoms with Crippen LogP contribution in [-0.2, 0) is 32.2 Å². The van der Waals surface area contributed by atoms with Crippen molar-refractivity contribution in [2.24, 2.45) is 11.8 Å². The van der Waals surface area contributed by atoms with Crippen LogP contribution in [0.5, 0.6) is 0 Å². The van der Waals surface area contributed by atoms with Gasteiger partial charge in [-0.15, -0.1) is 0 Å². The van der Waals surface area contributed by atoms with Gasteiger partial charge in [0.2, 0.25) is 12.0 Å². The van der Waals surface area contributed by atoms with Gasteiger partial charge in [0, 0.05) is 6.42 Å². The van der Waals surface area contributed by atoms with Crippen LogP contribution >= 0.6 is 0 Å². The number of hydrogen-bond acceptors (Lipinski definition) is 5. The minimum Gasteiger partial charge on any atom is -0.458 e. The smallest absolute Gasteiger partial charge is 0.373 e. The molecule has 2 rings (SSSR count). The summed E-state index contributed by atoms with van der Waals surface area (Å²) in [6, 6.07) is 7.53. The third-order valence-electron chi connectivity index (χ3n) is 4.12. The molecular weight excluding hydrogens is 320 g/mol.